The van der Waals surface area contributed by atoms with Gasteiger partial charge in [-0.05, 0) is 26.3 Å². The number of aryl methyl sites for hydroxylation is 1. The standard InChI is InChI=1S/C17H31N5S/c1-4-15-13-21-16(23-15)9-10-19-17(18-2)20-11-12-22(3)14-7-5-6-8-14/h13-14H,4-12H2,1-3H3,(H2,18,19,20). The Morgan fingerprint density at radius 1 is 1.35 bits per heavy atom. The lowest BCUT2D eigenvalue weighted by Gasteiger charge is -2.24. The molecule has 1 aromatic rings. The predicted molar refractivity (Wildman–Crippen MR) is 99.4 cm³/mol. The summed E-state index contributed by atoms with van der Waals surface area (Å²) in [5.74, 6) is 0.886. The van der Waals surface area contributed by atoms with Gasteiger partial charge < -0.3 is 15.5 Å². The van der Waals surface area contributed by atoms with Crippen LogP contribution in [0.5, 0.6) is 0 Å². The second kappa shape index (κ2) is 9.88. The number of nitrogens with zero attached hydrogens (tertiary/aromatic N) is 3. The molecule has 1 aliphatic carbocycles. The van der Waals surface area contributed by atoms with Gasteiger partial charge in [0.15, 0.2) is 5.96 Å². The van der Waals surface area contributed by atoms with Crippen molar-refractivity contribution in [3.63, 3.8) is 0 Å². The predicted octanol–water partition coefficient (Wildman–Crippen LogP) is 2.29. The van der Waals surface area contributed by atoms with E-state index in [4.69, 9.17) is 0 Å². The number of nitrogens with one attached hydrogen (secondary N) is 2. The first kappa shape index (κ1) is 18.2. The zero-order chi connectivity index (χ0) is 16.5. The molecule has 0 amide bonds. The van der Waals surface area contributed by atoms with Crippen LogP contribution in [0, 0.1) is 0 Å². The summed E-state index contributed by atoms with van der Waals surface area (Å²) >= 11 is 1.81. The van der Waals surface area contributed by atoms with Gasteiger partial charge in [-0.15, -0.1) is 11.3 Å². The molecule has 0 spiro atoms. The average Bonchev–Trinajstić information content (AvgIpc) is 3.24. The summed E-state index contributed by atoms with van der Waals surface area (Å²) in [5.41, 5.74) is 0. The van der Waals surface area contributed by atoms with Gasteiger partial charge in [0.25, 0.3) is 0 Å². The van der Waals surface area contributed by atoms with Crippen LogP contribution in [0.15, 0.2) is 11.2 Å². The molecule has 1 saturated carbocycles. The normalized spacial score (nSPS) is 16.3. The molecule has 1 heterocycles. The van der Waals surface area contributed by atoms with Gasteiger partial charge >= 0.3 is 0 Å². The van der Waals surface area contributed by atoms with Crippen LogP contribution in [-0.2, 0) is 12.8 Å². The third kappa shape index (κ3) is 6.11. The molecule has 1 aliphatic rings. The molecule has 0 aromatic carbocycles. The minimum atomic E-state index is 0.782. The molecule has 0 saturated heterocycles. The molecule has 2 rings (SSSR count). The number of hydrogen-bond acceptors (Lipinski definition) is 4. The van der Waals surface area contributed by atoms with E-state index in [0.717, 1.165) is 44.5 Å². The highest BCUT2D eigenvalue weighted by Crippen LogP contribution is 2.21. The van der Waals surface area contributed by atoms with Gasteiger partial charge in [-0.2, -0.15) is 0 Å². The van der Waals surface area contributed by atoms with Crippen molar-refractivity contribution in [2.75, 3.05) is 33.7 Å². The van der Waals surface area contributed by atoms with E-state index in [-0.39, 0.29) is 0 Å². The molecule has 1 aromatic heterocycles. The van der Waals surface area contributed by atoms with Crippen molar-refractivity contribution in [3.05, 3.63) is 16.1 Å². The number of thiazole rings is 1. The van der Waals surface area contributed by atoms with Crippen LogP contribution < -0.4 is 10.6 Å². The van der Waals surface area contributed by atoms with E-state index in [9.17, 15) is 0 Å². The maximum atomic E-state index is 4.45. The van der Waals surface area contributed by atoms with E-state index in [1.807, 2.05) is 24.6 Å². The first-order valence-corrected chi connectivity index (χ1v) is 9.63. The van der Waals surface area contributed by atoms with Gasteiger partial charge in [-0.3, -0.25) is 4.99 Å². The molecule has 2 N–H and O–H groups in total. The number of likely N-dealkylation sites (N-methyl/N-ethyl adjacent to an activating group) is 1. The summed E-state index contributed by atoms with van der Waals surface area (Å²) in [6.45, 7) is 5.04. The van der Waals surface area contributed by atoms with Crippen molar-refractivity contribution in [1.29, 1.82) is 0 Å². The molecular formula is C17H31N5S. The summed E-state index contributed by atoms with van der Waals surface area (Å²) in [6, 6.07) is 0.782. The third-order valence-electron chi connectivity index (χ3n) is 4.51. The van der Waals surface area contributed by atoms with E-state index in [1.54, 1.807) is 0 Å². The van der Waals surface area contributed by atoms with Crippen LogP contribution in [0.25, 0.3) is 0 Å². The second-order valence-electron chi connectivity index (χ2n) is 6.17. The summed E-state index contributed by atoms with van der Waals surface area (Å²) in [5, 5.41) is 7.98. The minimum Gasteiger partial charge on any atom is -0.356 e. The van der Waals surface area contributed by atoms with Crippen LogP contribution >= 0.6 is 11.3 Å². The maximum absolute atomic E-state index is 4.45. The number of rotatable bonds is 8. The van der Waals surface area contributed by atoms with E-state index in [1.165, 1.54) is 35.6 Å². The fourth-order valence-electron chi connectivity index (χ4n) is 3.01. The van der Waals surface area contributed by atoms with Crippen LogP contribution in [0.4, 0.5) is 0 Å². The molecule has 5 nitrogen and oxygen atoms in total. The zero-order valence-electron chi connectivity index (χ0n) is 14.8. The maximum Gasteiger partial charge on any atom is 0.191 e. The number of guanidine groups is 1. The van der Waals surface area contributed by atoms with Crippen molar-refractivity contribution in [2.45, 2.75) is 51.5 Å². The Kier molecular flexibility index (Phi) is 7.82. The van der Waals surface area contributed by atoms with Gasteiger partial charge in [-0.25, -0.2) is 4.98 Å². The lowest BCUT2D eigenvalue weighted by molar-refractivity contribution is 0.249. The molecule has 0 radical (unpaired) electrons. The molecule has 6 heteroatoms. The molecule has 0 bridgehead atoms. The summed E-state index contributed by atoms with van der Waals surface area (Å²) in [7, 11) is 4.07. The highest BCUT2D eigenvalue weighted by Gasteiger charge is 2.18. The third-order valence-corrected chi connectivity index (χ3v) is 5.71. The Hall–Kier alpha value is -1.14. The highest BCUT2D eigenvalue weighted by atomic mass is 32.1. The fraction of sp³-hybridized carbons (Fsp3) is 0.765. The van der Waals surface area contributed by atoms with Gasteiger partial charge in [0, 0.05) is 50.2 Å². The van der Waals surface area contributed by atoms with Crippen LogP contribution in [0.3, 0.4) is 0 Å². The number of hydrogen-bond donors (Lipinski definition) is 2. The SMILES string of the molecule is CCc1cnc(CCNC(=NC)NCCN(C)C2CCCC2)s1. The monoisotopic (exact) mass is 337 g/mol. The summed E-state index contributed by atoms with van der Waals surface area (Å²) < 4.78 is 0. The van der Waals surface area contributed by atoms with Gasteiger partial charge in [-0.1, -0.05) is 19.8 Å². The lowest BCUT2D eigenvalue weighted by Crippen LogP contribution is -2.43. The van der Waals surface area contributed by atoms with Crippen molar-refractivity contribution in [2.24, 2.45) is 4.99 Å². The second-order valence-corrected chi connectivity index (χ2v) is 7.37. The first-order chi connectivity index (χ1) is 11.2. The molecule has 1 fully saturated rings. The van der Waals surface area contributed by atoms with Crippen molar-refractivity contribution < 1.29 is 0 Å². The number of aliphatic imine (C=N–C) groups is 1. The van der Waals surface area contributed by atoms with Gasteiger partial charge in [0.05, 0.1) is 5.01 Å². The Labute approximate surface area is 144 Å². The van der Waals surface area contributed by atoms with Crippen molar-refractivity contribution >= 4 is 17.3 Å². The van der Waals surface area contributed by atoms with E-state index < -0.39 is 0 Å². The Morgan fingerprint density at radius 3 is 2.74 bits per heavy atom. The number of aromatic nitrogens is 1. The quantitative estimate of drug-likeness (QED) is 0.564. The van der Waals surface area contributed by atoms with Crippen LogP contribution in [0.2, 0.25) is 0 Å². The van der Waals surface area contributed by atoms with Gasteiger partial charge in [0.1, 0.15) is 0 Å². The molecule has 0 unspecified atom stereocenters. The topological polar surface area (TPSA) is 52.6 Å². The summed E-state index contributed by atoms with van der Waals surface area (Å²) in [4.78, 5) is 12.6. The molecule has 130 valence electrons. The smallest absolute Gasteiger partial charge is 0.191 e. The fourth-order valence-corrected chi connectivity index (χ4v) is 3.88. The molecule has 0 aliphatic heterocycles. The van der Waals surface area contributed by atoms with E-state index in [2.05, 4.69) is 39.5 Å². The largest absolute Gasteiger partial charge is 0.356 e. The Balaban J connectivity index is 1.61. The summed E-state index contributed by atoms with van der Waals surface area (Å²) in [6.07, 6.45) is 9.51. The zero-order valence-corrected chi connectivity index (χ0v) is 15.6. The molecule has 23 heavy (non-hydrogen) atoms. The minimum absolute atomic E-state index is 0.782. The van der Waals surface area contributed by atoms with E-state index >= 15 is 0 Å². The van der Waals surface area contributed by atoms with Crippen LogP contribution in [-0.4, -0.2) is 55.6 Å². The first-order valence-electron chi connectivity index (χ1n) is 8.81. The Bertz CT molecular complexity index is 479. The molecular weight excluding hydrogens is 306 g/mol. The lowest BCUT2D eigenvalue weighted by atomic mass is 10.2. The highest BCUT2D eigenvalue weighted by molar-refractivity contribution is 7.11. The Morgan fingerprint density at radius 2 is 2.09 bits per heavy atom. The average molecular weight is 338 g/mol. The van der Waals surface area contributed by atoms with Crippen LogP contribution in [0.1, 0.15) is 42.5 Å². The molecule has 0 atom stereocenters. The van der Waals surface area contributed by atoms with Crippen molar-refractivity contribution in [1.82, 2.24) is 20.5 Å². The van der Waals surface area contributed by atoms with Crippen molar-refractivity contribution in [3.8, 4) is 0 Å². The van der Waals surface area contributed by atoms with Gasteiger partial charge in [0.2, 0.25) is 0 Å². The van der Waals surface area contributed by atoms with E-state index in [0.29, 0.717) is 0 Å².